The van der Waals surface area contributed by atoms with E-state index in [1.807, 2.05) is 38.2 Å². The van der Waals surface area contributed by atoms with Crippen molar-refractivity contribution in [3.8, 4) is 5.75 Å². The van der Waals surface area contributed by atoms with E-state index < -0.39 is 0 Å². The van der Waals surface area contributed by atoms with Gasteiger partial charge in [-0.3, -0.25) is 0 Å². The van der Waals surface area contributed by atoms with E-state index >= 15 is 0 Å². The highest BCUT2D eigenvalue weighted by Gasteiger charge is 2.16. The van der Waals surface area contributed by atoms with E-state index in [0.29, 0.717) is 5.02 Å². The lowest BCUT2D eigenvalue weighted by Crippen LogP contribution is -2.19. The third kappa shape index (κ3) is 3.91. The van der Waals surface area contributed by atoms with Crippen LogP contribution in [0.5, 0.6) is 5.75 Å². The highest BCUT2D eigenvalue weighted by molar-refractivity contribution is 6.31. The molecule has 0 heterocycles. The number of nitrogens with one attached hydrogen (secondary N) is 1. The fourth-order valence-corrected chi connectivity index (χ4v) is 2.97. The van der Waals surface area contributed by atoms with E-state index in [4.69, 9.17) is 27.9 Å². The SMILES string of the molecule is CNC(Cc1cc(Cl)ccc1OC)c1ccc(C)cc1Cl. The van der Waals surface area contributed by atoms with Crippen LogP contribution in [0.1, 0.15) is 22.7 Å². The van der Waals surface area contributed by atoms with E-state index in [0.717, 1.165) is 33.9 Å². The molecule has 0 bridgehead atoms. The van der Waals surface area contributed by atoms with Gasteiger partial charge >= 0.3 is 0 Å². The Morgan fingerprint density at radius 3 is 2.52 bits per heavy atom. The molecule has 0 spiro atoms. The van der Waals surface area contributed by atoms with Gasteiger partial charge in [-0.05, 0) is 61.3 Å². The van der Waals surface area contributed by atoms with Crippen molar-refractivity contribution in [1.82, 2.24) is 5.32 Å². The smallest absolute Gasteiger partial charge is 0.122 e. The molecule has 21 heavy (non-hydrogen) atoms. The molecular formula is C17H19Cl2NO. The second-order valence-corrected chi connectivity index (χ2v) is 5.87. The Morgan fingerprint density at radius 1 is 1.14 bits per heavy atom. The van der Waals surface area contributed by atoms with Crippen molar-refractivity contribution in [3.05, 3.63) is 63.1 Å². The first-order valence-corrected chi connectivity index (χ1v) is 7.56. The fraction of sp³-hybridized carbons (Fsp3) is 0.294. The van der Waals surface area contributed by atoms with Crippen LogP contribution in [0.3, 0.4) is 0 Å². The van der Waals surface area contributed by atoms with Gasteiger partial charge in [0, 0.05) is 16.1 Å². The van der Waals surface area contributed by atoms with E-state index in [1.54, 1.807) is 7.11 Å². The predicted octanol–water partition coefficient (Wildman–Crippen LogP) is 4.81. The van der Waals surface area contributed by atoms with Crippen molar-refractivity contribution in [1.29, 1.82) is 0 Å². The van der Waals surface area contributed by atoms with Crippen molar-refractivity contribution in [2.45, 2.75) is 19.4 Å². The molecule has 1 N–H and O–H groups in total. The van der Waals surface area contributed by atoms with Crippen LogP contribution < -0.4 is 10.1 Å². The van der Waals surface area contributed by atoms with Crippen molar-refractivity contribution in [3.63, 3.8) is 0 Å². The van der Waals surface area contributed by atoms with Gasteiger partial charge in [-0.1, -0.05) is 35.3 Å². The van der Waals surface area contributed by atoms with Gasteiger partial charge < -0.3 is 10.1 Å². The Kier molecular flexibility index (Phi) is 5.51. The molecule has 0 saturated heterocycles. The third-order valence-corrected chi connectivity index (χ3v) is 4.11. The van der Waals surface area contributed by atoms with Gasteiger partial charge in [-0.2, -0.15) is 0 Å². The highest BCUT2D eigenvalue weighted by Crippen LogP contribution is 2.31. The monoisotopic (exact) mass is 323 g/mol. The van der Waals surface area contributed by atoms with Gasteiger partial charge in [0.2, 0.25) is 0 Å². The normalized spacial score (nSPS) is 12.2. The third-order valence-electron chi connectivity index (χ3n) is 3.55. The number of methoxy groups -OCH3 is 1. The highest BCUT2D eigenvalue weighted by atomic mass is 35.5. The molecular weight excluding hydrogens is 305 g/mol. The summed E-state index contributed by atoms with van der Waals surface area (Å²) in [4.78, 5) is 0. The first-order valence-electron chi connectivity index (χ1n) is 6.81. The molecule has 0 radical (unpaired) electrons. The summed E-state index contributed by atoms with van der Waals surface area (Å²) in [6.45, 7) is 2.03. The molecule has 0 amide bonds. The average molecular weight is 324 g/mol. The maximum atomic E-state index is 6.38. The zero-order valence-electron chi connectivity index (χ0n) is 12.4. The minimum atomic E-state index is 0.102. The Balaban J connectivity index is 2.33. The Morgan fingerprint density at radius 2 is 1.90 bits per heavy atom. The summed E-state index contributed by atoms with van der Waals surface area (Å²) in [5, 5.41) is 4.79. The maximum absolute atomic E-state index is 6.38. The van der Waals surface area contributed by atoms with E-state index in [9.17, 15) is 0 Å². The zero-order chi connectivity index (χ0) is 15.4. The number of aryl methyl sites for hydroxylation is 1. The number of ether oxygens (including phenoxy) is 1. The molecule has 2 rings (SSSR count). The Labute approximate surface area is 136 Å². The van der Waals surface area contributed by atoms with Gasteiger partial charge in [0.15, 0.2) is 0 Å². The molecule has 0 aliphatic carbocycles. The molecule has 4 heteroatoms. The van der Waals surface area contributed by atoms with Gasteiger partial charge in [-0.15, -0.1) is 0 Å². The standard InChI is InChI=1S/C17H19Cl2NO/c1-11-4-6-14(15(19)8-11)16(20-2)10-12-9-13(18)5-7-17(12)21-3/h4-9,16,20H,10H2,1-3H3. The lowest BCUT2D eigenvalue weighted by Gasteiger charge is -2.20. The van der Waals surface area contributed by atoms with Crippen LogP contribution in [-0.4, -0.2) is 14.2 Å². The second-order valence-electron chi connectivity index (χ2n) is 5.03. The summed E-state index contributed by atoms with van der Waals surface area (Å²) in [5.41, 5.74) is 3.28. The average Bonchev–Trinajstić information content (AvgIpc) is 2.45. The second kappa shape index (κ2) is 7.17. The lowest BCUT2D eigenvalue weighted by molar-refractivity contribution is 0.406. The summed E-state index contributed by atoms with van der Waals surface area (Å²) >= 11 is 12.5. The van der Waals surface area contributed by atoms with Gasteiger partial charge in [0.05, 0.1) is 7.11 Å². The van der Waals surface area contributed by atoms with Crippen LogP contribution in [0, 0.1) is 6.92 Å². The minimum Gasteiger partial charge on any atom is -0.496 e. The van der Waals surface area contributed by atoms with Crippen molar-refractivity contribution >= 4 is 23.2 Å². The topological polar surface area (TPSA) is 21.3 Å². The molecule has 2 nitrogen and oxygen atoms in total. The van der Waals surface area contributed by atoms with Crippen molar-refractivity contribution in [2.75, 3.05) is 14.2 Å². The summed E-state index contributed by atoms with van der Waals surface area (Å²) in [6.07, 6.45) is 0.753. The van der Waals surface area contributed by atoms with Crippen LogP contribution in [0.15, 0.2) is 36.4 Å². The molecule has 1 atom stereocenters. The van der Waals surface area contributed by atoms with Gasteiger partial charge in [0.25, 0.3) is 0 Å². The molecule has 0 aliphatic rings. The summed E-state index contributed by atoms with van der Waals surface area (Å²) in [6, 6.07) is 11.9. The molecule has 0 aromatic heterocycles. The predicted molar refractivity (Wildman–Crippen MR) is 89.7 cm³/mol. The Hall–Kier alpha value is -1.22. The first-order chi connectivity index (χ1) is 10.0. The van der Waals surface area contributed by atoms with Crippen LogP contribution >= 0.6 is 23.2 Å². The number of likely N-dealkylation sites (N-methyl/N-ethyl adjacent to an activating group) is 1. The number of benzene rings is 2. The quantitative estimate of drug-likeness (QED) is 0.852. The molecule has 2 aromatic rings. The summed E-state index contributed by atoms with van der Waals surface area (Å²) in [7, 11) is 3.60. The van der Waals surface area contributed by atoms with Crippen molar-refractivity contribution in [2.24, 2.45) is 0 Å². The molecule has 2 aromatic carbocycles. The van der Waals surface area contributed by atoms with Crippen LogP contribution in [-0.2, 0) is 6.42 Å². The lowest BCUT2D eigenvalue weighted by atomic mass is 9.97. The van der Waals surface area contributed by atoms with Crippen LogP contribution in [0.2, 0.25) is 10.0 Å². The molecule has 0 saturated carbocycles. The summed E-state index contributed by atoms with van der Waals surface area (Å²) < 4.78 is 5.41. The first kappa shape index (κ1) is 16.2. The Bertz CT molecular complexity index is 628. The van der Waals surface area contributed by atoms with Crippen LogP contribution in [0.25, 0.3) is 0 Å². The van der Waals surface area contributed by atoms with Gasteiger partial charge in [0.1, 0.15) is 5.75 Å². The maximum Gasteiger partial charge on any atom is 0.122 e. The molecule has 0 fully saturated rings. The zero-order valence-corrected chi connectivity index (χ0v) is 13.9. The number of halogens is 2. The molecule has 0 aliphatic heterocycles. The molecule has 1 unspecified atom stereocenters. The van der Waals surface area contributed by atoms with Crippen LogP contribution in [0.4, 0.5) is 0 Å². The fourth-order valence-electron chi connectivity index (χ4n) is 2.41. The van der Waals surface area contributed by atoms with Crippen molar-refractivity contribution < 1.29 is 4.74 Å². The van der Waals surface area contributed by atoms with E-state index in [1.165, 1.54) is 0 Å². The van der Waals surface area contributed by atoms with E-state index in [-0.39, 0.29) is 6.04 Å². The van der Waals surface area contributed by atoms with Gasteiger partial charge in [-0.25, -0.2) is 0 Å². The van der Waals surface area contributed by atoms with E-state index in [2.05, 4.69) is 17.4 Å². The largest absolute Gasteiger partial charge is 0.496 e. The number of hydrogen-bond donors (Lipinski definition) is 1. The molecule has 112 valence electrons. The minimum absolute atomic E-state index is 0.102. The number of rotatable bonds is 5. The number of hydrogen-bond acceptors (Lipinski definition) is 2. The summed E-state index contributed by atoms with van der Waals surface area (Å²) in [5.74, 6) is 0.836.